The molecule has 3 heteroatoms. The summed E-state index contributed by atoms with van der Waals surface area (Å²) in [6.07, 6.45) is 3.42. The van der Waals surface area contributed by atoms with Gasteiger partial charge < -0.3 is 10.2 Å². The van der Waals surface area contributed by atoms with Crippen LogP contribution in [0.1, 0.15) is 121 Å². The number of phenols is 2. The molecule has 0 aliphatic carbocycles. The molecular formula is C31H44O3. The minimum absolute atomic E-state index is 0.112. The van der Waals surface area contributed by atoms with Crippen LogP contribution in [0.25, 0.3) is 6.08 Å². The Balaban J connectivity index is 2.63. The summed E-state index contributed by atoms with van der Waals surface area (Å²) in [6, 6.07) is 7.56. The van der Waals surface area contributed by atoms with Gasteiger partial charge in [0, 0.05) is 27.8 Å². The molecule has 0 saturated heterocycles. The summed E-state index contributed by atoms with van der Waals surface area (Å²) in [4.78, 5) is 13.3. The van der Waals surface area contributed by atoms with Crippen molar-refractivity contribution in [2.24, 2.45) is 0 Å². The fourth-order valence-electron chi connectivity index (χ4n) is 4.08. The van der Waals surface area contributed by atoms with E-state index in [9.17, 15) is 15.0 Å². The average Bonchev–Trinajstić information content (AvgIpc) is 2.63. The molecule has 0 saturated carbocycles. The van der Waals surface area contributed by atoms with Crippen molar-refractivity contribution in [2.75, 3.05) is 0 Å². The summed E-state index contributed by atoms with van der Waals surface area (Å²) >= 11 is 0. The van der Waals surface area contributed by atoms with Crippen LogP contribution in [0.15, 0.2) is 30.3 Å². The first-order valence-corrected chi connectivity index (χ1v) is 12.1. The van der Waals surface area contributed by atoms with Gasteiger partial charge in [0.05, 0.1) is 0 Å². The Morgan fingerprint density at radius 3 is 1.18 bits per heavy atom. The summed E-state index contributed by atoms with van der Waals surface area (Å²) < 4.78 is 0. The van der Waals surface area contributed by atoms with Crippen LogP contribution in [0.4, 0.5) is 0 Å². The molecule has 0 aliphatic heterocycles. The molecule has 186 valence electrons. The number of carbonyl (C=O) groups is 1. The van der Waals surface area contributed by atoms with Crippen molar-refractivity contribution in [3.05, 3.63) is 63.7 Å². The van der Waals surface area contributed by atoms with E-state index in [4.69, 9.17) is 0 Å². The molecule has 2 rings (SSSR count). The monoisotopic (exact) mass is 464 g/mol. The number of benzene rings is 2. The van der Waals surface area contributed by atoms with Crippen molar-refractivity contribution in [1.82, 2.24) is 0 Å². The predicted octanol–water partition coefficient (Wildman–Crippen LogP) is 8.18. The first-order valence-electron chi connectivity index (χ1n) is 12.1. The Morgan fingerprint density at radius 2 is 0.882 bits per heavy atom. The molecule has 0 fully saturated rings. The SMILES string of the molecule is CC(C)(C)c1cc(/C=C/C(=O)c2cc(C(C)(C)C)c(O)c(C(C)(C)C)c2)cc(C(C)(C)C)c1O. The number of allylic oxidation sites excluding steroid dienone is 1. The van der Waals surface area contributed by atoms with Crippen molar-refractivity contribution < 1.29 is 15.0 Å². The first kappa shape index (κ1) is 27.7. The molecule has 2 aromatic carbocycles. The quantitative estimate of drug-likeness (QED) is 0.355. The number of hydrogen-bond acceptors (Lipinski definition) is 3. The molecular weight excluding hydrogens is 420 g/mol. The molecule has 2 N–H and O–H groups in total. The van der Waals surface area contributed by atoms with E-state index < -0.39 is 0 Å². The molecule has 34 heavy (non-hydrogen) atoms. The Hall–Kier alpha value is -2.55. The van der Waals surface area contributed by atoms with E-state index >= 15 is 0 Å². The largest absolute Gasteiger partial charge is 0.507 e. The van der Waals surface area contributed by atoms with Crippen molar-refractivity contribution in [2.45, 2.75) is 105 Å². The van der Waals surface area contributed by atoms with Crippen LogP contribution in [0.5, 0.6) is 11.5 Å². The fourth-order valence-corrected chi connectivity index (χ4v) is 4.08. The van der Waals surface area contributed by atoms with E-state index in [1.165, 1.54) is 0 Å². The van der Waals surface area contributed by atoms with E-state index in [-0.39, 0.29) is 33.2 Å². The minimum atomic E-state index is -0.301. The zero-order valence-corrected chi connectivity index (χ0v) is 23.3. The van der Waals surface area contributed by atoms with Crippen LogP contribution in [0.3, 0.4) is 0 Å². The first-order chi connectivity index (χ1) is 15.1. The number of hydrogen-bond donors (Lipinski definition) is 2. The number of ketones is 1. The highest BCUT2D eigenvalue weighted by atomic mass is 16.3. The highest BCUT2D eigenvalue weighted by Gasteiger charge is 2.28. The molecule has 0 spiro atoms. The third-order valence-electron chi connectivity index (χ3n) is 6.19. The van der Waals surface area contributed by atoms with Gasteiger partial charge in [-0.2, -0.15) is 0 Å². The lowest BCUT2D eigenvalue weighted by Crippen LogP contribution is -2.18. The lowest BCUT2D eigenvalue weighted by atomic mass is 9.78. The maximum absolute atomic E-state index is 13.3. The topological polar surface area (TPSA) is 57.5 Å². The Labute approximate surface area is 206 Å². The highest BCUT2D eigenvalue weighted by molar-refractivity contribution is 6.07. The van der Waals surface area contributed by atoms with Crippen LogP contribution >= 0.6 is 0 Å². The second kappa shape index (κ2) is 8.91. The Bertz CT molecular complexity index is 1040. The van der Waals surface area contributed by atoms with E-state index in [0.717, 1.165) is 27.8 Å². The van der Waals surface area contributed by atoms with Crippen LogP contribution in [0.2, 0.25) is 0 Å². The zero-order chi connectivity index (χ0) is 26.4. The Morgan fingerprint density at radius 1 is 0.588 bits per heavy atom. The summed E-state index contributed by atoms with van der Waals surface area (Å²) in [5, 5.41) is 21.9. The van der Waals surface area contributed by atoms with E-state index in [0.29, 0.717) is 11.3 Å². The smallest absolute Gasteiger partial charge is 0.185 e. The van der Waals surface area contributed by atoms with Gasteiger partial charge in [-0.05, 0) is 57.6 Å². The second-order valence-electron chi connectivity index (χ2n) is 13.6. The highest BCUT2D eigenvalue weighted by Crippen LogP contribution is 2.41. The number of rotatable bonds is 3. The predicted molar refractivity (Wildman–Crippen MR) is 144 cm³/mol. The third kappa shape index (κ3) is 6.11. The van der Waals surface area contributed by atoms with Gasteiger partial charge in [-0.15, -0.1) is 0 Å². The molecule has 0 radical (unpaired) electrons. The number of carbonyl (C=O) groups excluding carboxylic acids is 1. The summed E-state index contributed by atoms with van der Waals surface area (Å²) in [5.74, 6) is 0.481. The van der Waals surface area contributed by atoms with Gasteiger partial charge in [-0.1, -0.05) is 89.2 Å². The molecule has 0 aliphatic rings. The molecule has 0 aromatic heterocycles. The summed E-state index contributed by atoms with van der Waals surface area (Å²) in [7, 11) is 0. The lowest BCUT2D eigenvalue weighted by Gasteiger charge is -2.28. The van der Waals surface area contributed by atoms with Gasteiger partial charge in [0.25, 0.3) is 0 Å². The van der Waals surface area contributed by atoms with Crippen LogP contribution < -0.4 is 0 Å². The van der Waals surface area contributed by atoms with Gasteiger partial charge in [-0.3, -0.25) is 4.79 Å². The molecule has 0 unspecified atom stereocenters. The molecule has 3 nitrogen and oxygen atoms in total. The van der Waals surface area contributed by atoms with Crippen molar-refractivity contribution in [1.29, 1.82) is 0 Å². The van der Waals surface area contributed by atoms with Gasteiger partial charge in [0.1, 0.15) is 11.5 Å². The maximum Gasteiger partial charge on any atom is 0.185 e. The minimum Gasteiger partial charge on any atom is -0.507 e. The van der Waals surface area contributed by atoms with Crippen molar-refractivity contribution in [3.8, 4) is 11.5 Å². The number of phenolic OH excluding ortho intramolecular Hbond substituents is 2. The summed E-state index contributed by atoms with van der Waals surface area (Å²) in [6.45, 7) is 24.7. The third-order valence-corrected chi connectivity index (χ3v) is 6.19. The molecule has 0 heterocycles. The Kier molecular flexibility index (Phi) is 7.26. The van der Waals surface area contributed by atoms with E-state index in [1.807, 2.05) is 71.9 Å². The van der Waals surface area contributed by atoms with Crippen molar-refractivity contribution >= 4 is 11.9 Å². The van der Waals surface area contributed by atoms with Crippen LogP contribution in [-0.4, -0.2) is 16.0 Å². The van der Waals surface area contributed by atoms with Crippen LogP contribution in [0, 0.1) is 0 Å². The average molecular weight is 465 g/mol. The zero-order valence-electron chi connectivity index (χ0n) is 23.3. The fraction of sp³-hybridized carbons (Fsp3) is 0.516. The number of aromatic hydroxyl groups is 2. The van der Waals surface area contributed by atoms with Gasteiger partial charge in [0.2, 0.25) is 0 Å². The maximum atomic E-state index is 13.3. The second-order valence-corrected chi connectivity index (χ2v) is 13.6. The molecule has 0 atom stereocenters. The molecule has 0 bridgehead atoms. The molecule has 0 amide bonds. The lowest BCUT2D eigenvalue weighted by molar-refractivity contribution is 0.104. The summed E-state index contributed by atoms with van der Waals surface area (Å²) in [5.41, 5.74) is 3.63. The van der Waals surface area contributed by atoms with Gasteiger partial charge in [0.15, 0.2) is 5.78 Å². The van der Waals surface area contributed by atoms with Gasteiger partial charge >= 0.3 is 0 Å². The van der Waals surface area contributed by atoms with Gasteiger partial charge in [-0.25, -0.2) is 0 Å². The van der Waals surface area contributed by atoms with Crippen molar-refractivity contribution in [3.63, 3.8) is 0 Å². The van der Waals surface area contributed by atoms with E-state index in [1.54, 1.807) is 6.08 Å². The van der Waals surface area contributed by atoms with Crippen LogP contribution in [-0.2, 0) is 21.7 Å². The standard InChI is InChI=1S/C31H44O3/c1-28(2,3)21-15-19(16-22(26(21)33)29(4,5)6)13-14-25(32)20-17-23(30(7,8)9)27(34)24(18-20)31(10,11)12/h13-18,33-34H,1-12H3/b14-13+. The van der Waals surface area contributed by atoms with E-state index in [2.05, 4.69) is 41.5 Å². The normalized spacial score (nSPS) is 13.5. The molecule has 2 aromatic rings.